The SMILES string of the molecule is O=C(Cc1noc2ccccc12)Nc1nc2ccccc2nc1N1CCCC1. The van der Waals surface area contributed by atoms with Gasteiger partial charge in [-0.25, -0.2) is 9.97 Å². The molecule has 28 heavy (non-hydrogen) atoms. The first kappa shape index (κ1) is 16.7. The molecule has 1 amide bonds. The fraction of sp³-hybridized carbons (Fsp3) is 0.238. The molecule has 2 aromatic heterocycles. The van der Waals surface area contributed by atoms with E-state index < -0.39 is 0 Å². The van der Waals surface area contributed by atoms with Gasteiger partial charge in [-0.1, -0.05) is 29.4 Å². The van der Waals surface area contributed by atoms with Crippen LogP contribution >= 0.6 is 0 Å². The Hall–Kier alpha value is -3.48. The number of fused-ring (bicyclic) bond motifs is 2. The van der Waals surface area contributed by atoms with E-state index in [-0.39, 0.29) is 12.3 Å². The van der Waals surface area contributed by atoms with Crippen molar-refractivity contribution in [1.82, 2.24) is 15.1 Å². The minimum Gasteiger partial charge on any atom is -0.356 e. The maximum Gasteiger partial charge on any atom is 0.231 e. The number of hydrogen-bond acceptors (Lipinski definition) is 6. The molecule has 5 rings (SSSR count). The summed E-state index contributed by atoms with van der Waals surface area (Å²) in [5.74, 6) is 1.04. The van der Waals surface area contributed by atoms with E-state index in [1.54, 1.807) is 0 Å². The minimum absolute atomic E-state index is 0.116. The standard InChI is InChI=1S/C21H19N5O2/c27-19(13-17-14-7-1-4-10-18(14)28-25-17)24-20-21(26-11-5-6-12-26)23-16-9-3-2-8-15(16)22-20/h1-4,7-10H,5-6,11-13H2,(H,22,24,27). The van der Waals surface area contributed by atoms with E-state index in [9.17, 15) is 4.79 Å². The first-order valence-corrected chi connectivity index (χ1v) is 9.43. The first-order valence-electron chi connectivity index (χ1n) is 9.43. The van der Waals surface area contributed by atoms with Crippen LogP contribution in [0.4, 0.5) is 11.6 Å². The van der Waals surface area contributed by atoms with Crippen molar-refractivity contribution in [1.29, 1.82) is 0 Å². The summed E-state index contributed by atoms with van der Waals surface area (Å²) < 4.78 is 5.30. The van der Waals surface area contributed by atoms with Crippen molar-refractivity contribution in [3.05, 3.63) is 54.2 Å². The molecular weight excluding hydrogens is 354 g/mol. The first-order chi connectivity index (χ1) is 13.8. The molecule has 1 fully saturated rings. The zero-order valence-corrected chi connectivity index (χ0v) is 15.3. The van der Waals surface area contributed by atoms with Gasteiger partial charge in [0.15, 0.2) is 17.2 Å². The van der Waals surface area contributed by atoms with Crippen LogP contribution in [0, 0.1) is 0 Å². The molecule has 0 spiro atoms. The molecule has 0 unspecified atom stereocenters. The number of nitrogens with zero attached hydrogens (tertiary/aromatic N) is 4. The highest BCUT2D eigenvalue weighted by molar-refractivity contribution is 5.97. The summed E-state index contributed by atoms with van der Waals surface area (Å²) in [7, 11) is 0. The topological polar surface area (TPSA) is 84.2 Å². The highest BCUT2D eigenvalue weighted by Crippen LogP contribution is 2.28. The zero-order valence-electron chi connectivity index (χ0n) is 15.3. The van der Waals surface area contributed by atoms with Crippen molar-refractivity contribution in [3.63, 3.8) is 0 Å². The highest BCUT2D eigenvalue weighted by Gasteiger charge is 2.21. The van der Waals surface area contributed by atoms with Crippen LogP contribution in [0.15, 0.2) is 53.1 Å². The average Bonchev–Trinajstić information content (AvgIpc) is 3.38. The number of nitrogens with one attached hydrogen (secondary N) is 1. The van der Waals surface area contributed by atoms with Gasteiger partial charge in [0.05, 0.1) is 17.5 Å². The van der Waals surface area contributed by atoms with Gasteiger partial charge in [0.25, 0.3) is 0 Å². The summed E-state index contributed by atoms with van der Waals surface area (Å²) in [5, 5.41) is 7.84. The Bertz CT molecular complexity index is 1160. The van der Waals surface area contributed by atoms with Crippen LogP contribution in [0.2, 0.25) is 0 Å². The van der Waals surface area contributed by atoms with E-state index in [0.717, 1.165) is 48.2 Å². The van der Waals surface area contributed by atoms with E-state index in [4.69, 9.17) is 9.51 Å². The molecule has 0 bridgehead atoms. The predicted octanol–water partition coefficient (Wildman–Crippen LogP) is 3.55. The third-order valence-electron chi connectivity index (χ3n) is 5.00. The lowest BCUT2D eigenvalue weighted by molar-refractivity contribution is -0.115. The number of carbonyl (C=O) groups excluding carboxylic acids is 1. The molecule has 1 N–H and O–H groups in total. The van der Waals surface area contributed by atoms with Crippen LogP contribution in [0.1, 0.15) is 18.5 Å². The molecule has 1 aliphatic rings. The van der Waals surface area contributed by atoms with E-state index in [1.165, 1.54) is 0 Å². The van der Waals surface area contributed by atoms with Gasteiger partial charge >= 0.3 is 0 Å². The van der Waals surface area contributed by atoms with Gasteiger partial charge in [-0.15, -0.1) is 0 Å². The van der Waals surface area contributed by atoms with Crippen molar-refractivity contribution >= 4 is 39.5 Å². The lowest BCUT2D eigenvalue weighted by Crippen LogP contribution is -2.24. The van der Waals surface area contributed by atoms with Crippen LogP contribution < -0.4 is 10.2 Å². The Kier molecular flexibility index (Phi) is 4.12. The fourth-order valence-electron chi connectivity index (χ4n) is 3.62. The fourth-order valence-corrected chi connectivity index (χ4v) is 3.62. The monoisotopic (exact) mass is 373 g/mol. The van der Waals surface area contributed by atoms with Gasteiger partial charge in [0, 0.05) is 18.5 Å². The highest BCUT2D eigenvalue weighted by atomic mass is 16.5. The van der Waals surface area contributed by atoms with Gasteiger partial charge in [-0.3, -0.25) is 4.79 Å². The second kappa shape index (κ2) is 6.92. The second-order valence-electron chi connectivity index (χ2n) is 6.93. The molecule has 140 valence electrons. The molecule has 0 aliphatic carbocycles. The van der Waals surface area contributed by atoms with Gasteiger partial charge in [0.1, 0.15) is 5.69 Å². The van der Waals surface area contributed by atoms with E-state index in [2.05, 4.69) is 20.4 Å². The Morgan fingerprint density at radius 3 is 2.54 bits per heavy atom. The normalized spacial score (nSPS) is 14.1. The molecule has 4 aromatic rings. The predicted molar refractivity (Wildman–Crippen MR) is 107 cm³/mol. The number of hydrogen-bond donors (Lipinski definition) is 1. The van der Waals surface area contributed by atoms with E-state index in [1.807, 2.05) is 48.5 Å². The van der Waals surface area contributed by atoms with Crippen LogP contribution in [0.3, 0.4) is 0 Å². The summed E-state index contributed by atoms with van der Waals surface area (Å²) in [6, 6.07) is 15.2. The molecule has 1 saturated heterocycles. The summed E-state index contributed by atoms with van der Waals surface area (Å²) in [6.45, 7) is 1.84. The van der Waals surface area contributed by atoms with Gasteiger partial charge < -0.3 is 14.7 Å². The Morgan fingerprint density at radius 2 is 1.71 bits per heavy atom. The van der Waals surface area contributed by atoms with Gasteiger partial charge in [-0.2, -0.15) is 0 Å². The number of carbonyl (C=O) groups is 1. The summed E-state index contributed by atoms with van der Waals surface area (Å²) >= 11 is 0. The number of para-hydroxylation sites is 3. The van der Waals surface area contributed by atoms with Crippen LogP contribution in [-0.4, -0.2) is 34.1 Å². The Balaban J connectivity index is 1.46. The Labute approximate surface area is 161 Å². The minimum atomic E-state index is -0.191. The van der Waals surface area contributed by atoms with Gasteiger partial charge in [-0.05, 0) is 37.1 Å². The second-order valence-corrected chi connectivity index (χ2v) is 6.93. The molecular formula is C21H19N5O2. The smallest absolute Gasteiger partial charge is 0.231 e. The number of anilines is 2. The molecule has 0 radical (unpaired) electrons. The van der Waals surface area contributed by atoms with Crippen LogP contribution in [-0.2, 0) is 11.2 Å². The van der Waals surface area contributed by atoms with Crippen LogP contribution in [0.25, 0.3) is 22.0 Å². The number of aromatic nitrogens is 3. The third kappa shape index (κ3) is 3.05. The zero-order chi connectivity index (χ0) is 18.9. The quantitative estimate of drug-likeness (QED) is 0.589. The molecule has 0 atom stereocenters. The number of benzene rings is 2. The Morgan fingerprint density at radius 1 is 1.00 bits per heavy atom. The molecule has 1 aliphatic heterocycles. The summed E-state index contributed by atoms with van der Waals surface area (Å²) in [5.41, 5.74) is 2.87. The molecule has 7 heteroatoms. The van der Waals surface area contributed by atoms with Crippen molar-refractivity contribution < 1.29 is 9.32 Å². The maximum absolute atomic E-state index is 12.7. The van der Waals surface area contributed by atoms with Crippen molar-refractivity contribution in [2.24, 2.45) is 0 Å². The lowest BCUT2D eigenvalue weighted by Gasteiger charge is -2.20. The number of amides is 1. The van der Waals surface area contributed by atoms with E-state index >= 15 is 0 Å². The summed E-state index contributed by atoms with van der Waals surface area (Å²) in [4.78, 5) is 24.4. The van der Waals surface area contributed by atoms with E-state index in [0.29, 0.717) is 17.1 Å². The molecule has 7 nitrogen and oxygen atoms in total. The number of rotatable bonds is 4. The van der Waals surface area contributed by atoms with Crippen molar-refractivity contribution in [2.75, 3.05) is 23.3 Å². The van der Waals surface area contributed by atoms with Gasteiger partial charge in [0.2, 0.25) is 5.91 Å². The van der Waals surface area contributed by atoms with Crippen LogP contribution in [0.5, 0.6) is 0 Å². The molecule has 2 aromatic carbocycles. The largest absolute Gasteiger partial charge is 0.356 e. The molecule has 0 saturated carbocycles. The summed E-state index contributed by atoms with van der Waals surface area (Å²) in [6.07, 6.45) is 2.35. The van der Waals surface area contributed by atoms with Crippen molar-refractivity contribution in [3.8, 4) is 0 Å². The van der Waals surface area contributed by atoms with Crippen molar-refractivity contribution in [2.45, 2.75) is 19.3 Å². The third-order valence-corrected chi connectivity index (χ3v) is 5.00. The average molecular weight is 373 g/mol. The lowest BCUT2D eigenvalue weighted by atomic mass is 10.1. The maximum atomic E-state index is 12.7. The molecule has 3 heterocycles.